The zero-order valence-corrected chi connectivity index (χ0v) is 16.6. The van der Waals surface area contributed by atoms with Gasteiger partial charge in [-0.2, -0.15) is 0 Å². The van der Waals surface area contributed by atoms with Crippen molar-refractivity contribution >= 4 is 5.97 Å². The summed E-state index contributed by atoms with van der Waals surface area (Å²) in [6.07, 6.45) is 15.9. The minimum atomic E-state index is -0.837. The number of hydrogen-bond acceptors (Lipinski definition) is 5. The first kappa shape index (κ1) is 24.3. The molecule has 1 aliphatic rings. The largest absolute Gasteiger partial charge is 0.481 e. The summed E-state index contributed by atoms with van der Waals surface area (Å²) in [6.45, 7) is 1.93. The average Bonchev–Trinajstić information content (AvgIpc) is 3.04. The van der Waals surface area contributed by atoms with E-state index in [4.69, 9.17) is 9.84 Å². The van der Waals surface area contributed by atoms with Crippen molar-refractivity contribution in [1.29, 1.82) is 0 Å². The van der Waals surface area contributed by atoms with Crippen molar-refractivity contribution in [2.45, 2.75) is 82.4 Å². The van der Waals surface area contributed by atoms with E-state index in [2.05, 4.69) is 0 Å². The van der Waals surface area contributed by atoms with Crippen molar-refractivity contribution in [2.75, 3.05) is 0 Å². The number of hydrogen-bond donors (Lipinski definition) is 4. The molecule has 1 heterocycles. The number of carboxylic acids is 1. The number of aliphatic carboxylic acids is 1. The second-order valence-corrected chi connectivity index (χ2v) is 6.92. The van der Waals surface area contributed by atoms with Gasteiger partial charge < -0.3 is 25.2 Å². The lowest BCUT2D eigenvalue weighted by atomic mass is 10.1. The lowest BCUT2D eigenvalue weighted by Gasteiger charge is -2.16. The molecule has 0 aromatic rings. The predicted molar refractivity (Wildman–Crippen MR) is 109 cm³/mol. The summed E-state index contributed by atoms with van der Waals surface area (Å²) in [5.41, 5.74) is 0. The summed E-state index contributed by atoms with van der Waals surface area (Å²) in [5, 5.41) is 38.4. The molecule has 0 saturated carbocycles. The highest BCUT2D eigenvalue weighted by atomic mass is 16.5. The Kier molecular flexibility index (Phi) is 12.4. The van der Waals surface area contributed by atoms with E-state index in [1.807, 2.05) is 43.4 Å². The van der Waals surface area contributed by atoms with Crippen molar-refractivity contribution in [1.82, 2.24) is 0 Å². The van der Waals surface area contributed by atoms with E-state index in [0.29, 0.717) is 25.7 Å². The molecular formula is C22H34O6. The van der Waals surface area contributed by atoms with Crippen LogP contribution in [0.4, 0.5) is 0 Å². The minimum Gasteiger partial charge on any atom is -0.481 e. The van der Waals surface area contributed by atoms with Gasteiger partial charge in [-0.3, -0.25) is 4.79 Å². The van der Waals surface area contributed by atoms with Gasteiger partial charge in [0.15, 0.2) is 0 Å². The van der Waals surface area contributed by atoms with E-state index in [9.17, 15) is 20.1 Å². The van der Waals surface area contributed by atoms with E-state index in [1.54, 1.807) is 6.08 Å². The van der Waals surface area contributed by atoms with Crippen LogP contribution in [0.2, 0.25) is 0 Å². The molecule has 0 unspecified atom stereocenters. The van der Waals surface area contributed by atoms with Crippen molar-refractivity contribution in [2.24, 2.45) is 0 Å². The van der Waals surface area contributed by atoms with Gasteiger partial charge in [-0.1, -0.05) is 55.5 Å². The summed E-state index contributed by atoms with van der Waals surface area (Å²) in [4.78, 5) is 10.3. The van der Waals surface area contributed by atoms with Gasteiger partial charge in [0.1, 0.15) is 0 Å². The summed E-state index contributed by atoms with van der Waals surface area (Å²) < 4.78 is 5.61. The van der Waals surface area contributed by atoms with Crippen LogP contribution < -0.4 is 0 Å². The molecule has 6 nitrogen and oxygen atoms in total. The van der Waals surface area contributed by atoms with E-state index in [-0.39, 0.29) is 12.5 Å². The summed E-state index contributed by atoms with van der Waals surface area (Å²) in [5.74, 6) is -0.785. The second-order valence-electron chi connectivity index (χ2n) is 6.92. The Hall–Kier alpha value is -1.73. The van der Waals surface area contributed by atoms with Crippen molar-refractivity contribution in [3.05, 3.63) is 48.6 Å². The Morgan fingerprint density at radius 3 is 2.32 bits per heavy atom. The molecule has 0 radical (unpaired) electrons. The highest BCUT2D eigenvalue weighted by Gasteiger charge is 2.35. The topological polar surface area (TPSA) is 107 Å². The van der Waals surface area contributed by atoms with Gasteiger partial charge >= 0.3 is 5.97 Å². The number of aliphatic hydroxyl groups excluding tert-OH is 3. The molecule has 1 fully saturated rings. The fourth-order valence-corrected chi connectivity index (χ4v) is 2.90. The highest BCUT2D eigenvalue weighted by molar-refractivity contribution is 5.66. The molecule has 5 atom stereocenters. The molecule has 1 saturated heterocycles. The molecule has 0 aromatic carbocycles. The second kappa shape index (κ2) is 14.3. The number of carbonyl (C=O) groups is 1. The number of aliphatic hydroxyl groups is 3. The van der Waals surface area contributed by atoms with Crippen LogP contribution in [0.1, 0.15) is 51.9 Å². The molecule has 28 heavy (non-hydrogen) atoms. The average molecular weight is 395 g/mol. The molecular weight excluding hydrogens is 360 g/mol. The molecule has 1 aliphatic heterocycles. The van der Waals surface area contributed by atoms with Gasteiger partial charge in [-0.05, 0) is 32.1 Å². The Morgan fingerprint density at radius 2 is 1.71 bits per heavy atom. The van der Waals surface area contributed by atoms with Gasteiger partial charge in [0, 0.05) is 12.8 Å². The van der Waals surface area contributed by atoms with Gasteiger partial charge in [-0.25, -0.2) is 0 Å². The molecule has 158 valence electrons. The van der Waals surface area contributed by atoms with Gasteiger partial charge in [-0.15, -0.1) is 0 Å². The van der Waals surface area contributed by atoms with Crippen LogP contribution in [0.5, 0.6) is 0 Å². The highest BCUT2D eigenvalue weighted by Crippen LogP contribution is 2.25. The third-order valence-corrected chi connectivity index (χ3v) is 4.51. The summed E-state index contributed by atoms with van der Waals surface area (Å²) >= 11 is 0. The summed E-state index contributed by atoms with van der Waals surface area (Å²) in [6, 6.07) is 0. The Bertz CT molecular complexity index is 551. The molecule has 0 amide bonds. The molecule has 1 rings (SSSR count). The van der Waals surface area contributed by atoms with Crippen molar-refractivity contribution < 1.29 is 30.0 Å². The zero-order chi connectivity index (χ0) is 20.8. The maximum Gasteiger partial charge on any atom is 0.303 e. The smallest absolute Gasteiger partial charge is 0.303 e. The molecule has 0 aliphatic carbocycles. The third-order valence-electron chi connectivity index (χ3n) is 4.51. The minimum absolute atomic E-state index is 0.158. The quantitative estimate of drug-likeness (QED) is 0.358. The fraction of sp³-hybridized carbons (Fsp3) is 0.591. The number of allylic oxidation sites excluding steroid dienone is 5. The molecule has 0 bridgehead atoms. The zero-order valence-electron chi connectivity index (χ0n) is 16.6. The Morgan fingerprint density at radius 1 is 1.07 bits per heavy atom. The summed E-state index contributed by atoms with van der Waals surface area (Å²) in [7, 11) is 0. The monoisotopic (exact) mass is 394 g/mol. The van der Waals surface area contributed by atoms with E-state index >= 15 is 0 Å². The first-order chi connectivity index (χ1) is 13.4. The van der Waals surface area contributed by atoms with E-state index < -0.39 is 30.4 Å². The molecule has 6 heteroatoms. The van der Waals surface area contributed by atoms with Gasteiger partial charge in [0.05, 0.1) is 30.5 Å². The maximum atomic E-state index is 10.3. The van der Waals surface area contributed by atoms with E-state index in [1.165, 1.54) is 6.08 Å². The SMILES string of the molecule is CC[C@H]1O[C@H]([C@@H](O)/C=C/[C@@H](O)C/C=C\C/C=C\C/C=C\CCC(=O)O)C[C@@H]1O. The van der Waals surface area contributed by atoms with Crippen molar-refractivity contribution in [3.63, 3.8) is 0 Å². The molecule has 0 spiro atoms. The lowest BCUT2D eigenvalue weighted by Crippen LogP contribution is -2.24. The first-order valence-corrected chi connectivity index (χ1v) is 9.98. The van der Waals surface area contributed by atoms with Crippen LogP contribution in [0.3, 0.4) is 0 Å². The first-order valence-electron chi connectivity index (χ1n) is 9.98. The standard InChI is InChI=1S/C22H34O6/c1-2-20-19(25)16-21(28-20)18(24)15-14-17(23)12-10-8-6-4-3-5-7-9-11-13-22(26)27/h3-4,7-10,14-15,17-21,23-25H,2,5-6,11-13,16H2,1H3,(H,26,27)/b4-3-,9-7-,10-8-,15-14+/t17-,18-,19-,20+,21-/m0/s1. The van der Waals surface area contributed by atoms with Crippen LogP contribution in [0.25, 0.3) is 0 Å². The Labute approximate surface area is 167 Å². The number of rotatable bonds is 13. The third kappa shape index (κ3) is 10.6. The van der Waals surface area contributed by atoms with Crippen molar-refractivity contribution in [3.8, 4) is 0 Å². The number of carboxylic acid groups (broad SMARTS) is 1. The number of ether oxygens (including phenoxy) is 1. The molecule has 4 N–H and O–H groups in total. The fourth-order valence-electron chi connectivity index (χ4n) is 2.90. The van der Waals surface area contributed by atoms with Crippen LogP contribution in [-0.2, 0) is 9.53 Å². The van der Waals surface area contributed by atoms with Gasteiger partial charge in [0.2, 0.25) is 0 Å². The van der Waals surface area contributed by atoms with Crippen LogP contribution in [0.15, 0.2) is 48.6 Å². The maximum absolute atomic E-state index is 10.3. The normalized spacial score (nSPS) is 25.5. The van der Waals surface area contributed by atoms with Crippen LogP contribution in [0, 0.1) is 0 Å². The van der Waals surface area contributed by atoms with E-state index in [0.717, 1.165) is 12.8 Å². The van der Waals surface area contributed by atoms with Crippen LogP contribution >= 0.6 is 0 Å². The Balaban J connectivity index is 2.16. The lowest BCUT2D eigenvalue weighted by molar-refractivity contribution is -0.136. The van der Waals surface area contributed by atoms with Gasteiger partial charge in [0.25, 0.3) is 0 Å². The molecule has 0 aromatic heterocycles. The van der Waals surface area contributed by atoms with Crippen LogP contribution in [-0.4, -0.2) is 56.9 Å². The predicted octanol–water partition coefficient (Wildman–Crippen LogP) is 2.90.